The lowest BCUT2D eigenvalue weighted by Gasteiger charge is -2.65. The molecule has 0 aliphatic heterocycles. The third-order valence-corrected chi connectivity index (χ3v) is 9.21. The highest BCUT2D eigenvalue weighted by Gasteiger charge is 2.60. The molecule has 1 N–H and O–H groups in total. The maximum absolute atomic E-state index is 13.8. The Morgan fingerprint density at radius 1 is 1.09 bits per heavy atom. The van der Waals surface area contributed by atoms with Crippen LogP contribution in [0.2, 0.25) is 5.02 Å². The topological polar surface area (TPSA) is 46.9 Å². The summed E-state index contributed by atoms with van der Waals surface area (Å²) in [6.07, 6.45) is 11.5. The number of carbonyl (C=O) groups is 1. The fourth-order valence-electron chi connectivity index (χ4n) is 8.60. The smallest absolute Gasteiger partial charge is 0.272 e. The number of halogens is 1. The second-order valence-corrected chi connectivity index (χ2v) is 12.6. The molecule has 2 aromatic rings. The molecular formula is C27H34ClN3O. The van der Waals surface area contributed by atoms with Gasteiger partial charge >= 0.3 is 0 Å². The minimum Gasteiger partial charge on any atom is -0.345 e. The van der Waals surface area contributed by atoms with E-state index in [2.05, 4.69) is 25.2 Å². The molecular weight excluding hydrogens is 418 g/mol. The molecule has 0 saturated heterocycles. The zero-order valence-corrected chi connectivity index (χ0v) is 20.3. The Hall–Kier alpha value is -1.81. The summed E-state index contributed by atoms with van der Waals surface area (Å²) in [7, 11) is 0. The third kappa shape index (κ3) is 3.24. The van der Waals surface area contributed by atoms with Gasteiger partial charge in [0, 0.05) is 21.8 Å². The number of nitrogens with zero attached hydrogens (tertiary/aromatic N) is 2. The quantitative estimate of drug-likeness (QED) is 0.604. The van der Waals surface area contributed by atoms with E-state index in [4.69, 9.17) is 16.7 Å². The first kappa shape index (κ1) is 20.8. The number of aryl methyl sites for hydroxylation is 1. The molecule has 4 saturated carbocycles. The molecule has 170 valence electrons. The van der Waals surface area contributed by atoms with Crippen LogP contribution in [0.15, 0.2) is 18.2 Å². The van der Waals surface area contributed by atoms with Crippen LogP contribution in [0.1, 0.15) is 92.5 Å². The van der Waals surface area contributed by atoms with Gasteiger partial charge in [-0.2, -0.15) is 5.10 Å². The van der Waals surface area contributed by atoms with Crippen LogP contribution in [0.4, 0.5) is 0 Å². The first-order valence-corrected chi connectivity index (χ1v) is 12.7. The van der Waals surface area contributed by atoms with Gasteiger partial charge in [-0.15, -0.1) is 0 Å². The number of aromatic nitrogens is 2. The molecule has 5 aliphatic carbocycles. The second-order valence-electron chi connectivity index (χ2n) is 12.2. The van der Waals surface area contributed by atoms with E-state index in [1.165, 1.54) is 25.0 Å². The van der Waals surface area contributed by atoms with Gasteiger partial charge in [0.05, 0.1) is 5.69 Å². The summed E-state index contributed by atoms with van der Waals surface area (Å²) in [5.74, 6) is 0.789. The Kier molecular flexibility index (Phi) is 4.45. The van der Waals surface area contributed by atoms with Crippen LogP contribution in [0, 0.1) is 23.7 Å². The predicted molar refractivity (Wildman–Crippen MR) is 128 cm³/mol. The summed E-state index contributed by atoms with van der Waals surface area (Å²) in [6.45, 7) is 6.92. The molecule has 1 aromatic heterocycles. The Morgan fingerprint density at radius 2 is 1.81 bits per heavy atom. The Morgan fingerprint density at radius 3 is 2.50 bits per heavy atom. The molecule has 0 radical (unpaired) electrons. The summed E-state index contributed by atoms with van der Waals surface area (Å²) >= 11 is 6.43. The van der Waals surface area contributed by atoms with Gasteiger partial charge in [-0.1, -0.05) is 31.5 Å². The van der Waals surface area contributed by atoms with Gasteiger partial charge in [0.15, 0.2) is 5.69 Å². The zero-order valence-electron chi connectivity index (χ0n) is 19.6. The van der Waals surface area contributed by atoms with Crippen molar-refractivity contribution in [2.24, 2.45) is 16.7 Å². The van der Waals surface area contributed by atoms with Crippen LogP contribution in [-0.2, 0) is 12.8 Å². The van der Waals surface area contributed by atoms with E-state index in [0.29, 0.717) is 16.5 Å². The molecule has 4 fully saturated rings. The molecule has 5 aliphatic rings. The zero-order chi connectivity index (χ0) is 22.3. The summed E-state index contributed by atoms with van der Waals surface area (Å²) in [6, 6.07) is 6.07. The molecule has 1 heterocycles. The number of hydrogen-bond donors (Lipinski definition) is 1. The fourth-order valence-corrected chi connectivity index (χ4v) is 8.77. The number of benzene rings is 1. The van der Waals surface area contributed by atoms with Crippen LogP contribution in [0.3, 0.4) is 0 Å². The number of amides is 1. The fraction of sp³-hybridized carbons (Fsp3) is 0.630. The lowest BCUT2D eigenvalue weighted by Crippen LogP contribution is -2.65. The first-order chi connectivity index (χ1) is 15.2. The molecule has 0 spiro atoms. The standard InChI is InChI=1S/C27H34ClN3O/c1-17-8-9-19(10-21(17)28)31-22-7-5-4-6-20(22)23(30-31)24(32)29-27-13-18-11-25(2,15-27)14-26(3,12-18)16-27/h8-10,18H,4-7,11-16H2,1-3H3,(H,29,32). The van der Waals surface area contributed by atoms with Crippen molar-refractivity contribution >= 4 is 17.5 Å². The molecule has 2 atom stereocenters. The van der Waals surface area contributed by atoms with Gasteiger partial charge in [-0.25, -0.2) is 4.68 Å². The number of fused-ring (bicyclic) bond motifs is 1. The molecule has 5 heteroatoms. The normalized spacial score (nSPS) is 35.1. The Labute approximate surface area is 196 Å². The third-order valence-electron chi connectivity index (χ3n) is 8.80. The average Bonchev–Trinajstić information content (AvgIpc) is 3.07. The van der Waals surface area contributed by atoms with Crippen molar-refractivity contribution in [2.75, 3.05) is 0 Å². The number of carbonyl (C=O) groups excluding carboxylic acids is 1. The van der Waals surface area contributed by atoms with Gasteiger partial charge in [0.1, 0.15) is 0 Å². The van der Waals surface area contributed by atoms with Gasteiger partial charge in [0.25, 0.3) is 5.91 Å². The molecule has 2 unspecified atom stereocenters. The monoisotopic (exact) mass is 451 g/mol. The maximum atomic E-state index is 13.8. The van der Waals surface area contributed by atoms with Gasteiger partial charge in [-0.05, 0) is 106 Å². The highest BCUT2D eigenvalue weighted by molar-refractivity contribution is 6.31. The summed E-state index contributed by atoms with van der Waals surface area (Å²) in [5.41, 5.74) is 5.67. The maximum Gasteiger partial charge on any atom is 0.272 e. The van der Waals surface area contributed by atoms with Crippen molar-refractivity contribution in [3.63, 3.8) is 0 Å². The van der Waals surface area contributed by atoms with E-state index in [-0.39, 0.29) is 11.4 Å². The van der Waals surface area contributed by atoms with Crippen molar-refractivity contribution < 1.29 is 4.79 Å². The first-order valence-electron chi connectivity index (χ1n) is 12.4. The Balaban J connectivity index is 1.36. The van der Waals surface area contributed by atoms with E-state index in [9.17, 15) is 4.79 Å². The second kappa shape index (κ2) is 6.85. The van der Waals surface area contributed by atoms with Crippen molar-refractivity contribution in [1.82, 2.24) is 15.1 Å². The molecule has 4 nitrogen and oxygen atoms in total. The van der Waals surface area contributed by atoms with E-state index in [0.717, 1.165) is 72.7 Å². The number of hydrogen-bond acceptors (Lipinski definition) is 2. The number of nitrogens with one attached hydrogen (secondary N) is 1. The van der Waals surface area contributed by atoms with Crippen molar-refractivity contribution in [1.29, 1.82) is 0 Å². The average molecular weight is 452 g/mol. The van der Waals surface area contributed by atoms with Crippen molar-refractivity contribution in [3.05, 3.63) is 45.7 Å². The van der Waals surface area contributed by atoms with Crippen LogP contribution in [-0.4, -0.2) is 21.2 Å². The van der Waals surface area contributed by atoms with Gasteiger partial charge < -0.3 is 5.32 Å². The van der Waals surface area contributed by atoms with Crippen LogP contribution in [0.5, 0.6) is 0 Å². The lowest BCUT2D eigenvalue weighted by atomic mass is 9.43. The minimum atomic E-state index is -0.0570. The summed E-state index contributed by atoms with van der Waals surface area (Å²) in [5, 5.41) is 9.24. The molecule has 1 aromatic carbocycles. The number of rotatable bonds is 3. The van der Waals surface area contributed by atoms with Crippen LogP contribution >= 0.6 is 11.6 Å². The van der Waals surface area contributed by atoms with E-state index in [1.807, 2.05) is 23.7 Å². The summed E-state index contributed by atoms with van der Waals surface area (Å²) < 4.78 is 1.98. The molecule has 32 heavy (non-hydrogen) atoms. The van der Waals surface area contributed by atoms with E-state index >= 15 is 0 Å². The highest BCUT2D eigenvalue weighted by atomic mass is 35.5. The highest BCUT2D eigenvalue weighted by Crippen LogP contribution is 2.66. The SMILES string of the molecule is Cc1ccc(-n2nc(C(=O)NC34CC5CC(C)(CC(C)(C5)C3)C4)c3c2CCCC3)cc1Cl. The minimum absolute atomic E-state index is 0.0364. The van der Waals surface area contributed by atoms with Crippen LogP contribution in [0.25, 0.3) is 5.69 Å². The lowest BCUT2D eigenvalue weighted by molar-refractivity contribution is -0.114. The van der Waals surface area contributed by atoms with E-state index in [1.54, 1.807) is 0 Å². The van der Waals surface area contributed by atoms with Crippen molar-refractivity contribution in [2.45, 2.75) is 90.5 Å². The predicted octanol–water partition coefficient (Wildman–Crippen LogP) is 6.19. The largest absolute Gasteiger partial charge is 0.345 e. The summed E-state index contributed by atoms with van der Waals surface area (Å²) in [4.78, 5) is 13.8. The van der Waals surface area contributed by atoms with Crippen LogP contribution < -0.4 is 5.32 Å². The molecule has 4 bridgehead atoms. The molecule has 7 rings (SSSR count). The molecule has 1 amide bonds. The van der Waals surface area contributed by atoms with Crippen molar-refractivity contribution in [3.8, 4) is 5.69 Å². The van der Waals surface area contributed by atoms with E-state index < -0.39 is 0 Å². The van der Waals surface area contributed by atoms with Gasteiger partial charge in [0.2, 0.25) is 0 Å². The Bertz CT molecular complexity index is 1100. The van der Waals surface area contributed by atoms with Gasteiger partial charge in [-0.3, -0.25) is 4.79 Å².